The first-order valence-electron chi connectivity index (χ1n) is 6.56. The summed E-state index contributed by atoms with van der Waals surface area (Å²) in [4.78, 5) is 24.1. The van der Waals surface area contributed by atoms with E-state index in [0.29, 0.717) is 6.54 Å². The average Bonchev–Trinajstić information content (AvgIpc) is 2.95. The Kier molecular flexibility index (Phi) is 4.37. The molecule has 1 heterocycles. The van der Waals surface area contributed by atoms with Crippen molar-refractivity contribution in [2.45, 2.75) is 13.5 Å². The molecule has 1 aromatic carbocycles. The Morgan fingerprint density at radius 2 is 2.00 bits per heavy atom. The Hall–Kier alpha value is -2.63. The molecular formula is C15H17N3O3. The van der Waals surface area contributed by atoms with Crippen LogP contribution in [0.15, 0.2) is 42.7 Å². The summed E-state index contributed by atoms with van der Waals surface area (Å²) in [5.41, 5.74) is 1.77. The molecule has 0 radical (unpaired) electrons. The van der Waals surface area contributed by atoms with Crippen LogP contribution in [0.25, 0.3) is 5.69 Å². The van der Waals surface area contributed by atoms with E-state index >= 15 is 0 Å². The summed E-state index contributed by atoms with van der Waals surface area (Å²) >= 11 is 0. The van der Waals surface area contributed by atoms with E-state index in [9.17, 15) is 9.59 Å². The topological polar surface area (TPSA) is 75.4 Å². The molecule has 0 bridgehead atoms. The van der Waals surface area contributed by atoms with Crippen LogP contribution in [-0.2, 0) is 16.1 Å². The number of carboxylic acids is 1. The molecule has 0 aliphatic rings. The first-order chi connectivity index (χ1) is 9.99. The molecule has 0 fully saturated rings. The van der Waals surface area contributed by atoms with Gasteiger partial charge in [-0.3, -0.25) is 9.59 Å². The molecule has 0 aliphatic heterocycles. The molecule has 0 aliphatic carbocycles. The minimum atomic E-state index is -1.12. The summed E-state index contributed by atoms with van der Waals surface area (Å²) in [6.45, 7) is 1.71. The predicted octanol–water partition coefficient (Wildman–Crippen LogP) is 1.55. The summed E-state index contributed by atoms with van der Waals surface area (Å²) in [6, 6.07) is 9.62. The van der Waals surface area contributed by atoms with Gasteiger partial charge in [-0.05, 0) is 19.1 Å². The summed E-state index contributed by atoms with van der Waals surface area (Å²) in [5, 5.41) is 13.1. The lowest BCUT2D eigenvalue weighted by molar-refractivity contribution is -0.149. The van der Waals surface area contributed by atoms with Crippen LogP contribution in [0.4, 0.5) is 0 Å². The average molecular weight is 287 g/mol. The van der Waals surface area contributed by atoms with Crippen molar-refractivity contribution in [1.29, 1.82) is 0 Å². The Morgan fingerprint density at radius 1 is 1.33 bits per heavy atom. The third-order valence-electron chi connectivity index (χ3n) is 3.19. The SMILES string of the molecule is CC(C(=O)O)C(=O)N(C)Cc1cnn(-c2ccccc2)c1. The van der Waals surface area contributed by atoms with Gasteiger partial charge < -0.3 is 10.0 Å². The van der Waals surface area contributed by atoms with E-state index in [0.717, 1.165) is 11.3 Å². The molecule has 110 valence electrons. The number of carbonyl (C=O) groups excluding carboxylic acids is 1. The maximum Gasteiger partial charge on any atom is 0.315 e. The van der Waals surface area contributed by atoms with Gasteiger partial charge in [-0.1, -0.05) is 18.2 Å². The molecule has 21 heavy (non-hydrogen) atoms. The van der Waals surface area contributed by atoms with Crippen molar-refractivity contribution in [2.24, 2.45) is 5.92 Å². The van der Waals surface area contributed by atoms with Gasteiger partial charge in [0.25, 0.3) is 0 Å². The number of aromatic nitrogens is 2. The van der Waals surface area contributed by atoms with Crippen LogP contribution in [-0.4, -0.2) is 38.7 Å². The number of carboxylic acid groups (broad SMARTS) is 1. The van der Waals surface area contributed by atoms with Crippen LogP contribution in [0.5, 0.6) is 0 Å². The Balaban J connectivity index is 2.06. The van der Waals surface area contributed by atoms with Gasteiger partial charge in [0, 0.05) is 25.4 Å². The van der Waals surface area contributed by atoms with Crippen LogP contribution in [0, 0.1) is 5.92 Å². The molecule has 6 heteroatoms. The second-order valence-electron chi connectivity index (χ2n) is 4.88. The summed E-state index contributed by atoms with van der Waals surface area (Å²) in [7, 11) is 1.58. The van der Waals surface area contributed by atoms with Gasteiger partial charge in [-0.15, -0.1) is 0 Å². The molecule has 2 rings (SSSR count). The second kappa shape index (κ2) is 6.21. The van der Waals surface area contributed by atoms with Crippen molar-refractivity contribution < 1.29 is 14.7 Å². The summed E-state index contributed by atoms with van der Waals surface area (Å²) < 4.78 is 1.72. The number of rotatable bonds is 5. The quantitative estimate of drug-likeness (QED) is 0.847. The number of carbonyl (C=O) groups is 2. The molecule has 1 atom stereocenters. The number of benzene rings is 1. The highest BCUT2D eigenvalue weighted by atomic mass is 16.4. The van der Waals surface area contributed by atoms with Gasteiger partial charge >= 0.3 is 5.97 Å². The maximum absolute atomic E-state index is 11.9. The number of aliphatic carboxylic acids is 1. The van der Waals surface area contributed by atoms with Crippen molar-refractivity contribution in [2.75, 3.05) is 7.05 Å². The van der Waals surface area contributed by atoms with Gasteiger partial charge in [-0.2, -0.15) is 5.10 Å². The first kappa shape index (κ1) is 14.8. The molecule has 0 saturated carbocycles. The molecule has 0 saturated heterocycles. The van der Waals surface area contributed by atoms with E-state index in [2.05, 4.69) is 5.10 Å². The zero-order valence-corrected chi connectivity index (χ0v) is 11.9. The highest BCUT2D eigenvalue weighted by molar-refractivity contribution is 5.96. The molecule has 6 nitrogen and oxygen atoms in total. The van der Waals surface area contributed by atoms with Gasteiger partial charge in [0.2, 0.25) is 5.91 Å². The highest BCUT2D eigenvalue weighted by Crippen LogP contribution is 2.10. The largest absolute Gasteiger partial charge is 0.481 e. The van der Waals surface area contributed by atoms with E-state index in [-0.39, 0.29) is 0 Å². The van der Waals surface area contributed by atoms with E-state index in [1.54, 1.807) is 17.9 Å². The van der Waals surface area contributed by atoms with Crippen molar-refractivity contribution >= 4 is 11.9 Å². The van der Waals surface area contributed by atoms with Crippen LogP contribution >= 0.6 is 0 Å². The normalized spacial score (nSPS) is 11.9. The van der Waals surface area contributed by atoms with Crippen molar-refractivity contribution in [1.82, 2.24) is 14.7 Å². The van der Waals surface area contributed by atoms with Gasteiger partial charge in [0.15, 0.2) is 0 Å². The fraction of sp³-hybridized carbons (Fsp3) is 0.267. The highest BCUT2D eigenvalue weighted by Gasteiger charge is 2.24. The third kappa shape index (κ3) is 3.47. The van der Waals surface area contributed by atoms with Crippen molar-refractivity contribution in [3.63, 3.8) is 0 Å². The van der Waals surface area contributed by atoms with E-state index in [1.807, 2.05) is 36.5 Å². The van der Waals surface area contributed by atoms with Gasteiger partial charge in [0.1, 0.15) is 5.92 Å². The molecule has 1 unspecified atom stereocenters. The molecule has 1 amide bonds. The van der Waals surface area contributed by atoms with Crippen molar-refractivity contribution in [3.8, 4) is 5.69 Å². The third-order valence-corrected chi connectivity index (χ3v) is 3.19. The lowest BCUT2D eigenvalue weighted by atomic mass is 10.1. The van der Waals surface area contributed by atoms with Gasteiger partial charge in [0.05, 0.1) is 11.9 Å². The lowest BCUT2D eigenvalue weighted by Gasteiger charge is -2.18. The molecular weight excluding hydrogens is 270 g/mol. The maximum atomic E-state index is 11.9. The molecule has 0 spiro atoms. The number of para-hydroxylation sites is 1. The minimum Gasteiger partial charge on any atom is -0.481 e. The number of hydrogen-bond donors (Lipinski definition) is 1. The zero-order chi connectivity index (χ0) is 15.4. The van der Waals surface area contributed by atoms with E-state index in [4.69, 9.17) is 5.11 Å². The van der Waals surface area contributed by atoms with E-state index in [1.165, 1.54) is 11.8 Å². The summed E-state index contributed by atoms with van der Waals surface area (Å²) in [5.74, 6) is -2.58. The van der Waals surface area contributed by atoms with Crippen LogP contribution < -0.4 is 0 Å². The van der Waals surface area contributed by atoms with E-state index < -0.39 is 17.8 Å². The Labute approximate surface area is 122 Å². The zero-order valence-electron chi connectivity index (χ0n) is 11.9. The number of nitrogens with zero attached hydrogens (tertiary/aromatic N) is 3. The number of hydrogen-bond acceptors (Lipinski definition) is 3. The minimum absolute atomic E-state index is 0.323. The molecule has 1 N–H and O–H groups in total. The fourth-order valence-electron chi connectivity index (χ4n) is 1.95. The molecule has 1 aromatic heterocycles. The summed E-state index contributed by atoms with van der Waals surface area (Å²) in [6.07, 6.45) is 3.49. The van der Waals surface area contributed by atoms with Gasteiger partial charge in [-0.25, -0.2) is 4.68 Å². The predicted molar refractivity (Wildman–Crippen MR) is 76.8 cm³/mol. The van der Waals surface area contributed by atoms with Crippen LogP contribution in [0.1, 0.15) is 12.5 Å². The monoisotopic (exact) mass is 287 g/mol. The molecule has 2 aromatic rings. The fourth-order valence-corrected chi connectivity index (χ4v) is 1.95. The Bertz CT molecular complexity index is 637. The van der Waals surface area contributed by atoms with Crippen LogP contribution in [0.2, 0.25) is 0 Å². The standard InChI is InChI=1S/C15H17N3O3/c1-11(15(20)21)14(19)17(2)9-12-8-16-18(10-12)13-6-4-3-5-7-13/h3-8,10-11H,9H2,1-2H3,(H,20,21). The smallest absolute Gasteiger partial charge is 0.315 e. The first-order valence-corrected chi connectivity index (χ1v) is 6.56. The second-order valence-corrected chi connectivity index (χ2v) is 4.88. The van der Waals surface area contributed by atoms with Crippen molar-refractivity contribution in [3.05, 3.63) is 48.3 Å². The lowest BCUT2D eigenvalue weighted by Crippen LogP contribution is -2.34. The number of amides is 1. The Morgan fingerprint density at radius 3 is 2.62 bits per heavy atom. The van der Waals surface area contributed by atoms with Crippen LogP contribution in [0.3, 0.4) is 0 Å².